The van der Waals surface area contributed by atoms with Gasteiger partial charge in [0.1, 0.15) is 5.69 Å². The summed E-state index contributed by atoms with van der Waals surface area (Å²) >= 11 is 5.81. The average molecular weight is 390 g/mol. The minimum atomic E-state index is -3.84. The van der Waals surface area contributed by atoms with E-state index in [2.05, 4.69) is 14.7 Å². The number of sulfonamides is 1. The second-order valence-electron chi connectivity index (χ2n) is 5.38. The molecule has 0 atom stereocenters. The smallest absolute Gasteiger partial charge is 0.263 e. The fourth-order valence-corrected chi connectivity index (χ4v) is 3.61. The zero-order valence-corrected chi connectivity index (χ0v) is 14.8. The third-order valence-electron chi connectivity index (χ3n) is 3.70. The Kier molecular flexibility index (Phi) is 4.14. The third-order valence-corrected chi connectivity index (χ3v) is 5.31. The first-order valence-electron chi connectivity index (χ1n) is 7.52. The van der Waals surface area contributed by atoms with Crippen LogP contribution in [0, 0.1) is 0 Å². The molecule has 0 bridgehead atoms. The van der Waals surface area contributed by atoms with E-state index in [0.29, 0.717) is 27.8 Å². The second-order valence-corrected chi connectivity index (χ2v) is 7.50. The van der Waals surface area contributed by atoms with Gasteiger partial charge in [-0.15, -0.1) is 0 Å². The van der Waals surface area contributed by atoms with Crippen molar-refractivity contribution in [3.05, 3.63) is 59.9 Å². The summed E-state index contributed by atoms with van der Waals surface area (Å²) in [6.07, 6.45) is 2.90. The Morgan fingerprint density at radius 1 is 0.962 bits per heavy atom. The van der Waals surface area contributed by atoms with Crippen molar-refractivity contribution in [3.8, 4) is 22.8 Å². The molecule has 0 spiro atoms. The van der Waals surface area contributed by atoms with Crippen molar-refractivity contribution in [1.82, 2.24) is 9.97 Å². The fraction of sp³-hybridized carbons (Fsp3) is 0.0588. The highest BCUT2D eigenvalue weighted by atomic mass is 35.5. The van der Waals surface area contributed by atoms with Gasteiger partial charge in [-0.2, -0.15) is 0 Å². The van der Waals surface area contributed by atoms with Gasteiger partial charge in [0.15, 0.2) is 17.3 Å². The summed E-state index contributed by atoms with van der Waals surface area (Å²) in [5, 5.41) is 0.449. The molecule has 1 aliphatic rings. The van der Waals surface area contributed by atoms with E-state index in [4.69, 9.17) is 21.1 Å². The van der Waals surface area contributed by atoms with Gasteiger partial charge in [-0.1, -0.05) is 11.6 Å². The zero-order valence-electron chi connectivity index (χ0n) is 13.2. The van der Waals surface area contributed by atoms with Crippen LogP contribution < -0.4 is 14.2 Å². The Hall–Kier alpha value is -2.84. The van der Waals surface area contributed by atoms with E-state index in [1.165, 1.54) is 36.7 Å². The van der Waals surface area contributed by atoms with E-state index in [-0.39, 0.29) is 17.5 Å². The topological polar surface area (TPSA) is 90.4 Å². The van der Waals surface area contributed by atoms with Crippen molar-refractivity contribution in [2.75, 3.05) is 11.5 Å². The number of fused-ring (bicyclic) bond motifs is 1. The first-order chi connectivity index (χ1) is 12.5. The number of ether oxygens (including phenoxy) is 2. The monoisotopic (exact) mass is 389 g/mol. The number of benzene rings is 2. The summed E-state index contributed by atoms with van der Waals surface area (Å²) in [5.74, 6) is 1.31. The maximum atomic E-state index is 12.6. The largest absolute Gasteiger partial charge is 0.454 e. The molecule has 0 saturated carbocycles. The minimum absolute atomic E-state index is 0.0733. The number of rotatable bonds is 4. The van der Waals surface area contributed by atoms with Crippen molar-refractivity contribution < 1.29 is 17.9 Å². The van der Waals surface area contributed by atoms with Crippen LogP contribution >= 0.6 is 11.6 Å². The van der Waals surface area contributed by atoms with Crippen molar-refractivity contribution in [2.24, 2.45) is 0 Å². The third kappa shape index (κ3) is 3.16. The number of hydrogen-bond acceptors (Lipinski definition) is 6. The number of nitrogens with one attached hydrogen (secondary N) is 1. The Morgan fingerprint density at radius 2 is 1.69 bits per heavy atom. The van der Waals surface area contributed by atoms with Crippen molar-refractivity contribution in [2.45, 2.75) is 4.90 Å². The van der Waals surface area contributed by atoms with E-state index in [1.54, 1.807) is 18.2 Å². The SMILES string of the molecule is O=S(=O)(Nc1nccnc1-c1ccc2c(c1)OCO2)c1ccc(Cl)cc1. The molecule has 2 aromatic carbocycles. The van der Waals surface area contributed by atoms with E-state index in [1.807, 2.05) is 0 Å². The van der Waals surface area contributed by atoms with Gasteiger partial charge in [-0.05, 0) is 42.5 Å². The quantitative estimate of drug-likeness (QED) is 0.736. The van der Waals surface area contributed by atoms with Crippen LogP contribution in [0.25, 0.3) is 11.3 Å². The van der Waals surface area contributed by atoms with Gasteiger partial charge in [-0.3, -0.25) is 9.71 Å². The van der Waals surface area contributed by atoms with Gasteiger partial charge >= 0.3 is 0 Å². The van der Waals surface area contributed by atoms with Crippen LogP contribution in [0.5, 0.6) is 11.5 Å². The van der Waals surface area contributed by atoms with Gasteiger partial charge in [0, 0.05) is 23.0 Å². The van der Waals surface area contributed by atoms with Crippen molar-refractivity contribution >= 4 is 27.4 Å². The highest BCUT2D eigenvalue weighted by molar-refractivity contribution is 7.92. The molecule has 1 aromatic heterocycles. The second kappa shape index (κ2) is 6.47. The van der Waals surface area contributed by atoms with Gasteiger partial charge in [0.25, 0.3) is 10.0 Å². The fourth-order valence-electron chi connectivity index (χ4n) is 2.47. The first-order valence-corrected chi connectivity index (χ1v) is 9.38. The molecule has 2 heterocycles. The normalized spacial score (nSPS) is 12.8. The molecule has 1 N–H and O–H groups in total. The molecule has 132 valence electrons. The molecule has 0 radical (unpaired) electrons. The molecule has 9 heteroatoms. The average Bonchev–Trinajstić information content (AvgIpc) is 3.10. The highest BCUT2D eigenvalue weighted by Crippen LogP contribution is 2.37. The Labute approximate surface area is 154 Å². The van der Waals surface area contributed by atoms with Gasteiger partial charge < -0.3 is 9.47 Å². The van der Waals surface area contributed by atoms with E-state index >= 15 is 0 Å². The predicted molar refractivity (Wildman–Crippen MR) is 95.9 cm³/mol. The van der Waals surface area contributed by atoms with Crippen LogP contribution in [0.1, 0.15) is 0 Å². The molecule has 0 unspecified atom stereocenters. The Morgan fingerprint density at radius 3 is 2.50 bits per heavy atom. The van der Waals surface area contributed by atoms with E-state index in [9.17, 15) is 8.42 Å². The van der Waals surface area contributed by atoms with Crippen molar-refractivity contribution in [3.63, 3.8) is 0 Å². The lowest BCUT2D eigenvalue weighted by Gasteiger charge is -2.11. The molecule has 3 aromatic rings. The van der Waals surface area contributed by atoms with E-state index < -0.39 is 10.0 Å². The van der Waals surface area contributed by atoms with Crippen LogP contribution in [0.2, 0.25) is 5.02 Å². The van der Waals surface area contributed by atoms with Crippen LogP contribution in [-0.2, 0) is 10.0 Å². The van der Waals surface area contributed by atoms with Gasteiger partial charge in [0.05, 0.1) is 4.90 Å². The maximum absolute atomic E-state index is 12.6. The Balaban J connectivity index is 1.71. The standard InChI is InChI=1S/C17H12ClN3O4S/c18-12-2-4-13(5-3-12)26(22,23)21-17-16(19-7-8-20-17)11-1-6-14-15(9-11)25-10-24-14/h1-9H,10H2,(H,20,21). The maximum Gasteiger partial charge on any atom is 0.263 e. The van der Waals surface area contributed by atoms with Crippen LogP contribution in [0.3, 0.4) is 0 Å². The number of nitrogens with zero attached hydrogens (tertiary/aromatic N) is 2. The summed E-state index contributed by atoms with van der Waals surface area (Å²) in [7, 11) is -3.84. The number of anilines is 1. The summed E-state index contributed by atoms with van der Waals surface area (Å²) in [6, 6.07) is 11.1. The summed E-state index contributed by atoms with van der Waals surface area (Å²) in [6.45, 7) is 0.148. The zero-order chi connectivity index (χ0) is 18.1. The van der Waals surface area contributed by atoms with Crippen LogP contribution in [0.15, 0.2) is 59.8 Å². The molecule has 4 rings (SSSR count). The molecular weight excluding hydrogens is 378 g/mol. The number of hydrogen-bond donors (Lipinski definition) is 1. The van der Waals surface area contributed by atoms with Crippen LogP contribution in [0.4, 0.5) is 5.82 Å². The van der Waals surface area contributed by atoms with Crippen molar-refractivity contribution in [1.29, 1.82) is 0 Å². The Bertz CT molecular complexity index is 1070. The van der Waals surface area contributed by atoms with Crippen LogP contribution in [-0.4, -0.2) is 25.2 Å². The number of aromatic nitrogens is 2. The minimum Gasteiger partial charge on any atom is -0.454 e. The summed E-state index contributed by atoms with van der Waals surface area (Å²) < 4.78 is 38.4. The lowest BCUT2D eigenvalue weighted by molar-refractivity contribution is 0.174. The molecule has 0 aliphatic carbocycles. The van der Waals surface area contributed by atoms with E-state index in [0.717, 1.165) is 0 Å². The molecule has 0 saturated heterocycles. The first kappa shape index (κ1) is 16.6. The predicted octanol–water partition coefficient (Wildman–Crippen LogP) is 3.33. The van der Waals surface area contributed by atoms with Gasteiger partial charge in [-0.25, -0.2) is 13.4 Å². The molecule has 0 fully saturated rings. The molecule has 0 amide bonds. The lowest BCUT2D eigenvalue weighted by atomic mass is 10.1. The molecular formula is C17H12ClN3O4S. The lowest BCUT2D eigenvalue weighted by Crippen LogP contribution is -2.15. The highest BCUT2D eigenvalue weighted by Gasteiger charge is 2.20. The molecule has 7 nitrogen and oxygen atoms in total. The summed E-state index contributed by atoms with van der Waals surface area (Å²) in [5.41, 5.74) is 1.03. The molecule has 1 aliphatic heterocycles. The summed E-state index contributed by atoms with van der Waals surface area (Å²) in [4.78, 5) is 8.46. The molecule has 26 heavy (non-hydrogen) atoms. The number of halogens is 1. The van der Waals surface area contributed by atoms with Gasteiger partial charge in [0.2, 0.25) is 6.79 Å².